The van der Waals surface area contributed by atoms with Gasteiger partial charge in [-0.05, 0) is 137 Å². The van der Waals surface area contributed by atoms with Gasteiger partial charge in [0.05, 0.1) is 5.92 Å². The molecule has 0 heterocycles. The Balaban J connectivity index is 1.09. The Kier molecular flexibility index (Phi) is 9.94. The predicted molar refractivity (Wildman–Crippen MR) is 153 cm³/mol. The van der Waals surface area contributed by atoms with E-state index in [1.807, 2.05) is 12.1 Å². The molecule has 3 saturated carbocycles. The van der Waals surface area contributed by atoms with E-state index >= 15 is 4.39 Å². The van der Waals surface area contributed by atoms with Crippen molar-refractivity contribution in [2.75, 3.05) is 0 Å². The van der Waals surface area contributed by atoms with Crippen molar-refractivity contribution in [3.63, 3.8) is 0 Å². The van der Waals surface area contributed by atoms with Crippen LogP contribution in [0.25, 0.3) is 0 Å². The molecule has 1 nitrogen and oxygen atoms in total. The summed E-state index contributed by atoms with van der Waals surface area (Å²) < 4.78 is 89.7. The average molecular weight is 593 g/mol. The minimum absolute atomic E-state index is 0.0895. The van der Waals surface area contributed by atoms with Crippen LogP contribution in [0.4, 0.5) is 26.3 Å². The predicted octanol–water partition coefficient (Wildman–Crippen LogP) is 11.2. The lowest BCUT2D eigenvalue weighted by atomic mass is 9.68. The van der Waals surface area contributed by atoms with Gasteiger partial charge in [0.1, 0.15) is 11.6 Å². The monoisotopic (exact) mass is 592 g/mol. The first-order valence-corrected chi connectivity index (χ1v) is 15.8. The molecule has 0 N–H and O–H groups in total. The minimum atomic E-state index is -3.60. The second kappa shape index (κ2) is 13.5. The number of halogens is 6. The van der Waals surface area contributed by atoms with E-state index in [-0.39, 0.29) is 24.6 Å². The van der Waals surface area contributed by atoms with E-state index < -0.39 is 35.2 Å². The van der Waals surface area contributed by atoms with E-state index in [4.69, 9.17) is 0 Å². The summed E-state index contributed by atoms with van der Waals surface area (Å²) in [5, 5.41) is 0. The lowest BCUT2D eigenvalue weighted by molar-refractivity contribution is -0.224. The van der Waals surface area contributed by atoms with E-state index in [0.29, 0.717) is 42.7 Å². The Morgan fingerprint density at radius 1 is 0.714 bits per heavy atom. The summed E-state index contributed by atoms with van der Waals surface area (Å²) in [6.07, 6.45) is 10.8. The van der Waals surface area contributed by atoms with Crippen molar-refractivity contribution < 1.29 is 31.1 Å². The summed E-state index contributed by atoms with van der Waals surface area (Å²) in [6, 6.07) is 6.81. The van der Waals surface area contributed by atoms with Crippen LogP contribution in [0.3, 0.4) is 0 Å². The highest BCUT2D eigenvalue weighted by molar-refractivity contribution is 5.30. The molecule has 0 aromatic heterocycles. The minimum Gasteiger partial charge on any atom is -0.432 e. The van der Waals surface area contributed by atoms with Crippen molar-refractivity contribution in [2.45, 2.75) is 108 Å². The Morgan fingerprint density at radius 3 is 1.86 bits per heavy atom. The topological polar surface area (TPSA) is 9.23 Å². The summed E-state index contributed by atoms with van der Waals surface area (Å²) in [7, 11) is 0. The van der Waals surface area contributed by atoms with Gasteiger partial charge in [-0.1, -0.05) is 18.2 Å². The maximum atomic E-state index is 15.3. The van der Waals surface area contributed by atoms with Crippen LogP contribution < -0.4 is 4.74 Å². The molecule has 7 heteroatoms. The maximum absolute atomic E-state index is 15.3. The molecule has 0 spiro atoms. The molecular formula is C35H42F6O. The Hall–Kier alpha value is -2.44. The van der Waals surface area contributed by atoms with Gasteiger partial charge < -0.3 is 4.74 Å². The van der Waals surface area contributed by atoms with Crippen molar-refractivity contribution in [3.8, 4) is 5.75 Å². The third-order valence-corrected chi connectivity index (χ3v) is 10.5. The van der Waals surface area contributed by atoms with E-state index in [9.17, 15) is 22.0 Å². The van der Waals surface area contributed by atoms with Crippen LogP contribution in [-0.4, -0.2) is 6.11 Å². The zero-order valence-electron chi connectivity index (χ0n) is 24.2. The lowest BCUT2D eigenvalue weighted by Crippen LogP contribution is -2.38. The van der Waals surface area contributed by atoms with Crippen molar-refractivity contribution in [1.82, 2.24) is 0 Å². The molecule has 3 fully saturated rings. The highest BCUT2D eigenvalue weighted by atomic mass is 19.3. The van der Waals surface area contributed by atoms with Gasteiger partial charge in [0.25, 0.3) is 0 Å². The lowest BCUT2D eigenvalue weighted by Gasteiger charge is -2.39. The SMILES string of the molecule is C=CCCC1CCC(c2ccc(C3CCC(C4CCC(C(F)(F)Oc5cc(F)c(F)c(F)c5)CC4)CC3)c(F)c2)CC1. The number of ether oxygens (including phenoxy) is 1. The normalized spacial score (nSPS) is 28.8. The van der Waals surface area contributed by atoms with Gasteiger partial charge in [-0.25, -0.2) is 17.6 Å². The summed E-state index contributed by atoms with van der Waals surface area (Å²) in [5.41, 5.74) is 1.94. The number of alkyl halides is 2. The number of hydrogen-bond donors (Lipinski definition) is 0. The fourth-order valence-electron chi connectivity index (χ4n) is 7.93. The fraction of sp³-hybridized carbons (Fsp3) is 0.600. The molecule has 0 aliphatic heterocycles. The number of allylic oxidation sites excluding steroid dienone is 1. The first-order valence-electron chi connectivity index (χ1n) is 15.8. The molecule has 0 bridgehead atoms. The van der Waals surface area contributed by atoms with Crippen LogP contribution in [0.2, 0.25) is 0 Å². The Labute approximate surface area is 245 Å². The molecule has 0 unspecified atom stereocenters. The molecule has 0 atom stereocenters. The van der Waals surface area contributed by atoms with E-state index in [1.165, 1.54) is 19.3 Å². The molecule has 230 valence electrons. The van der Waals surface area contributed by atoms with E-state index in [2.05, 4.69) is 17.4 Å². The smallest absolute Gasteiger partial charge is 0.400 e. The largest absolute Gasteiger partial charge is 0.432 e. The van der Waals surface area contributed by atoms with E-state index in [1.54, 1.807) is 6.07 Å². The number of benzene rings is 2. The van der Waals surface area contributed by atoms with Crippen LogP contribution >= 0.6 is 0 Å². The quantitative estimate of drug-likeness (QED) is 0.160. The van der Waals surface area contributed by atoms with Crippen molar-refractivity contribution in [1.29, 1.82) is 0 Å². The molecule has 5 rings (SSSR count). The first kappa shape index (κ1) is 31.0. The number of hydrogen-bond acceptors (Lipinski definition) is 1. The summed E-state index contributed by atoms with van der Waals surface area (Å²) in [4.78, 5) is 0. The Bertz CT molecular complexity index is 1180. The summed E-state index contributed by atoms with van der Waals surface area (Å²) in [6.45, 7) is 3.82. The zero-order valence-corrected chi connectivity index (χ0v) is 24.2. The van der Waals surface area contributed by atoms with Gasteiger partial charge in [0, 0.05) is 12.1 Å². The first-order chi connectivity index (χ1) is 20.1. The molecule has 0 saturated heterocycles. The third kappa shape index (κ3) is 7.19. The van der Waals surface area contributed by atoms with Crippen molar-refractivity contribution >= 4 is 0 Å². The standard InChI is InChI=1S/C35H42F6O/c1-2-3-4-22-5-7-25(8-6-22)27-15-18-30(31(36)19-27)26-11-9-23(10-12-26)24-13-16-28(17-14-24)35(40,41)42-29-20-32(37)34(39)33(38)21-29/h2,15,18-26,28H,1,3-14,16-17H2. The molecule has 0 radical (unpaired) electrons. The van der Waals surface area contributed by atoms with Gasteiger partial charge in [-0.2, -0.15) is 8.78 Å². The molecule has 3 aliphatic carbocycles. The highest BCUT2D eigenvalue weighted by Crippen LogP contribution is 2.47. The second-order valence-corrected chi connectivity index (χ2v) is 13.0. The van der Waals surface area contributed by atoms with Gasteiger partial charge in [-0.3, -0.25) is 0 Å². The molecule has 3 aliphatic rings. The van der Waals surface area contributed by atoms with Crippen molar-refractivity contribution in [3.05, 3.63) is 77.4 Å². The average Bonchev–Trinajstić information content (AvgIpc) is 2.99. The van der Waals surface area contributed by atoms with Crippen LogP contribution in [-0.2, 0) is 0 Å². The third-order valence-electron chi connectivity index (χ3n) is 10.5. The molecule has 2 aromatic carbocycles. The second-order valence-electron chi connectivity index (χ2n) is 13.0. The Morgan fingerprint density at radius 2 is 1.29 bits per heavy atom. The molecular weight excluding hydrogens is 550 g/mol. The van der Waals surface area contributed by atoms with Crippen LogP contribution in [0, 0.1) is 46.9 Å². The molecule has 42 heavy (non-hydrogen) atoms. The maximum Gasteiger partial charge on any atom is 0.400 e. The van der Waals surface area contributed by atoms with Gasteiger partial charge in [-0.15, -0.1) is 6.58 Å². The van der Waals surface area contributed by atoms with Gasteiger partial charge in [0.15, 0.2) is 17.5 Å². The summed E-state index contributed by atoms with van der Waals surface area (Å²) in [5.74, 6) is -4.58. The highest BCUT2D eigenvalue weighted by Gasteiger charge is 2.45. The fourth-order valence-corrected chi connectivity index (χ4v) is 7.93. The van der Waals surface area contributed by atoms with Crippen LogP contribution in [0.5, 0.6) is 5.75 Å². The van der Waals surface area contributed by atoms with Gasteiger partial charge >= 0.3 is 6.11 Å². The van der Waals surface area contributed by atoms with Crippen LogP contribution in [0.1, 0.15) is 113 Å². The molecule has 2 aromatic rings. The van der Waals surface area contributed by atoms with E-state index in [0.717, 1.165) is 62.0 Å². The zero-order chi connectivity index (χ0) is 29.9. The van der Waals surface area contributed by atoms with Crippen molar-refractivity contribution in [2.24, 2.45) is 23.7 Å². The molecule has 0 amide bonds. The van der Waals surface area contributed by atoms with Gasteiger partial charge in [0.2, 0.25) is 0 Å². The number of rotatable bonds is 9. The summed E-state index contributed by atoms with van der Waals surface area (Å²) >= 11 is 0. The van der Waals surface area contributed by atoms with Crippen LogP contribution in [0.15, 0.2) is 43.0 Å².